The van der Waals surface area contributed by atoms with Crippen LogP contribution in [0.2, 0.25) is 5.02 Å². The second-order valence-corrected chi connectivity index (χ2v) is 7.02. The molecule has 0 N–H and O–H groups in total. The molecule has 1 saturated heterocycles. The molecule has 1 aliphatic rings. The van der Waals surface area contributed by atoms with Crippen molar-refractivity contribution in [1.29, 1.82) is 0 Å². The second kappa shape index (κ2) is 6.76. The average Bonchev–Trinajstić information content (AvgIpc) is 2.83. The van der Waals surface area contributed by atoms with Crippen molar-refractivity contribution in [2.75, 3.05) is 4.90 Å². The smallest absolute Gasteiger partial charge is 0.270 e. The molecule has 0 aromatic heterocycles. The summed E-state index contributed by atoms with van der Waals surface area (Å²) in [5.74, 6) is -1.60. The van der Waals surface area contributed by atoms with E-state index in [1.54, 1.807) is 42.5 Å². The summed E-state index contributed by atoms with van der Waals surface area (Å²) in [6.45, 7) is 0. The van der Waals surface area contributed by atoms with E-state index in [1.807, 2.05) is 0 Å². The number of anilines is 1. The minimum absolute atomic E-state index is 0.0109. The van der Waals surface area contributed by atoms with Crippen molar-refractivity contribution in [3.63, 3.8) is 0 Å². The van der Waals surface area contributed by atoms with Gasteiger partial charge in [0.1, 0.15) is 0 Å². The Bertz CT molecular complexity index is 878. The Labute approximate surface area is 152 Å². The number of benzene rings is 2. The van der Waals surface area contributed by atoms with Crippen LogP contribution in [-0.4, -0.2) is 16.2 Å². The molecule has 120 valence electrons. The summed E-state index contributed by atoms with van der Waals surface area (Å²) in [6.07, 6.45) is 1.72. The fourth-order valence-electron chi connectivity index (χ4n) is 2.17. The molecule has 7 heteroatoms. The molecule has 0 atom stereocenters. The van der Waals surface area contributed by atoms with Gasteiger partial charge in [0.25, 0.3) is 5.91 Å². The summed E-state index contributed by atoms with van der Waals surface area (Å²) >= 11 is 12.3. The molecule has 1 fully saturated rings. The molecule has 1 heterocycles. The molecule has 0 aliphatic carbocycles. The van der Waals surface area contributed by atoms with Gasteiger partial charge >= 0.3 is 0 Å². The SMILES string of the molecule is O=C([O-])c1cccc(N2C(=O)/C(=C\c3ccc(Cl)cc3)SC2=S)c1. The average molecular weight is 375 g/mol. The van der Waals surface area contributed by atoms with E-state index in [9.17, 15) is 14.7 Å². The van der Waals surface area contributed by atoms with Gasteiger partial charge in [-0.1, -0.05) is 59.8 Å². The van der Waals surface area contributed by atoms with Gasteiger partial charge in [-0.3, -0.25) is 9.69 Å². The number of amides is 1. The number of rotatable bonds is 3. The molecular weight excluding hydrogens is 366 g/mol. The van der Waals surface area contributed by atoms with E-state index in [0.29, 0.717) is 19.9 Å². The van der Waals surface area contributed by atoms with Gasteiger partial charge < -0.3 is 9.90 Å². The van der Waals surface area contributed by atoms with Crippen LogP contribution in [-0.2, 0) is 4.79 Å². The quantitative estimate of drug-likeness (QED) is 0.610. The lowest BCUT2D eigenvalue weighted by atomic mass is 10.2. The molecule has 0 radical (unpaired) electrons. The van der Waals surface area contributed by atoms with Crippen molar-refractivity contribution in [3.8, 4) is 0 Å². The topological polar surface area (TPSA) is 60.4 Å². The minimum atomic E-state index is -1.31. The number of hydrogen-bond donors (Lipinski definition) is 0. The minimum Gasteiger partial charge on any atom is -0.545 e. The molecular formula is C17H9ClNO3S2-. The van der Waals surface area contributed by atoms with Gasteiger partial charge in [-0.15, -0.1) is 0 Å². The predicted octanol–water partition coefficient (Wildman–Crippen LogP) is 3.11. The molecule has 0 unspecified atom stereocenters. The largest absolute Gasteiger partial charge is 0.545 e. The molecule has 4 nitrogen and oxygen atoms in total. The van der Waals surface area contributed by atoms with E-state index in [-0.39, 0.29) is 11.5 Å². The van der Waals surface area contributed by atoms with Gasteiger partial charge in [-0.05, 0) is 41.5 Å². The summed E-state index contributed by atoms with van der Waals surface area (Å²) in [7, 11) is 0. The van der Waals surface area contributed by atoms with Crippen LogP contribution in [0.1, 0.15) is 15.9 Å². The maximum atomic E-state index is 12.6. The van der Waals surface area contributed by atoms with E-state index < -0.39 is 5.97 Å². The van der Waals surface area contributed by atoms with Crippen LogP contribution in [0.3, 0.4) is 0 Å². The summed E-state index contributed by atoms with van der Waals surface area (Å²) < 4.78 is 0.343. The summed E-state index contributed by atoms with van der Waals surface area (Å²) in [4.78, 5) is 25.4. The van der Waals surface area contributed by atoms with Crippen molar-refractivity contribution < 1.29 is 14.7 Å². The van der Waals surface area contributed by atoms with E-state index in [4.69, 9.17) is 23.8 Å². The van der Waals surface area contributed by atoms with E-state index in [0.717, 1.165) is 17.3 Å². The number of nitrogens with zero attached hydrogens (tertiary/aromatic N) is 1. The third-order valence-corrected chi connectivity index (χ3v) is 4.86. The number of aromatic carboxylic acids is 1. The molecule has 1 aliphatic heterocycles. The first kappa shape index (κ1) is 16.7. The van der Waals surface area contributed by atoms with Gasteiger partial charge in [0.2, 0.25) is 0 Å². The number of halogens is 1. The molecule has 0 spiro atoms. The number of carbonyl (C=O) groups is 2. The Morgan fingerprint density at radius 2 is 1.92 bits per heavy atom. The highest BCUT2D eigenvalue weighted by Crippen LogP contribution is 2.36. The van der Waals surface area contributed by atoms with Crippen molar-refractivity contribution >= 4 is 63.5 Å². The third-order valence-electron chi connectivity index (χ3n) is 3.30. The van der Waals surface area contributed by atoms with Crippen molar-refractivity contribution in [3.05, 3.63) is 69.6 Å². The lowest BCUT2D eigenvalue weighted by Gasteiger charge is -2.15. The van der Waals surface area contributed by atoms with Gasteiger partial charge in [0.05, 0.1) is 16.6 Å². The van der Waals surface area contributed by atoms with Crippen LogP contribution in [0.25, 0.3) is 6.08 Å². The standard InChI is InChI=1S/C17H10ClNO3S2/c18-12-6-4-10(5-7-12)8-14-15(20)19(17(23)24-14)13-3-1-2-11(9-13)16(21)22/h1-9H,(H,21,22)/p-1/b14-8+. The maximum absolute atomic E-state index is 12.6. The molecule has 2 aromatic rings. The predicted molar refractivity (Wildman–Crippen MR) is 97.9 cm³/mol. The Kier molecular flexibility index (Phi) is 4.71. The number of thioether (sulfide) groups is 1. The van der Waals surface area contributed by atoms with Crippen LogP contribution in [0.5, 0.6) is 0 Å². The fourth-order valence-corrected chi connectivity index (χ4v) is 3.60. The number of carboxylic acid groups (broad SMARTS) is 1. The summed E-state index contributed by atoms with van der Waals surface area (Å²) in [5, 5.41) is 11.6. The highest BCUT2D eigenvalue weighted by molar-refractivity contribution is 8.27. The molecule has 24 heavy (non-hydrogen) atoms. The van der Waals surface area contributed by atoms with Crippen LogP contribution in [0.15, 0.2) is 53.4 Å². The highest BCUT2D eigenvalue weighted by Gasteiger charge is 2.33. The number of hydrogen-bond acceptors (Lipinski definition) is 5. The van der Waals surface area contributed by atoms with Crippen LogP contribution in [0.4, 0.5) is 5.69 Å². The van der Waals surface area contributed by atoms with Gasteiger partial charge in [-0.25, -0.2) is 0 Å². The van der Waals surface area contributed by atoms with Crippen LogP contribution in [0, 0.1) is 0 Å². The van der Waals surface area contributed by atoms with E-state index >= 15 is 0 Å². The van der Waals surface area contributed by atoms with Crippen molar-refractivity contribution in [2.24, 2.45) is 0 Å². The van der Waals surface area contributed by atoms with Crippen molar-refractivity contribution in [2.45, 2.75) is 0 Å². The second-order valence-electron chi connectivity index (χ2n) is 4.91. The lowest BCUT2D eigenvalue weighted by molar-refractivity contribution is -0.255. The Hall–Kier alpha value is -2.15. The zero-order valence-electron chi connectivity index (χ0n) is 12.1. The van der Waals surface area contributed by atoms with Crippen LogP contribution >= 0.6 is 35.6 Å². The zero-order valence-corrected chi connectivity index (χ0v) is 14.5. The monoisotopic (exact) mass is 374 g/mol. The van der Waals surface area contributed by atoms with E-state index in [2.05, 4.69) is 0 Å². The normalized spacial score (nSPS) is 16.0. The highest BCUT2D eigenvalue weighted by atomic mass is 35.5. The first-order chi connectivity index (χ1) is 11.5. The van der Waals surface area contributed by atoms with Gasteiger partial charge in [0.15, 0.2) is 4.32 Å². The molecule has 0 bridgehead atoms. The van der Waals surface area contributed by atoms with E-state index in [1.165, 1.54) is 17.0 Å². The van der Waals surface area contributed by atoms with Gasteiger partial charge in [-0.2, -0.15) is 0 Å². The molecule has 0 saturated carbocycles. The number of thiocarbonyl (C=S) groups is 1. The lowest BCUT2D eigenvalue weighted by Crippen LogP contribution is -2.28. The maximum Gasteiger partial charge on any atom is 0.270 e. The summed E-state index contributed by atoms with van der Waals surface area (Å²) in [6, 6.07) is 13.0. The van der Waals surface area contributed by atoms with Crippen molar-refractivity contribution in [1.82, 2.24) is 0 Å². The molecule has 1 amide bonds. The zero-order chi connectivity index (χ0) is 17.3. The Morgan fingerprint density at radius 1 is 1.21 bits per heavy atom. The Balaban J connectivity index is 1.93. The number of carbonyl (C=O) groups excluding carboxylic acids is 2. The van der Waals surface area contributed by atoms with Crippen LogP contribution < -0.4 is 10.0 Å². The molecule has 2 aromatic carbocycles. The summed E-state index contributed by atoms with van der Waals surface area (Å²) in [5.41, 5.74) is 1.21. The van der Waals surface area contributed by atoms with Gasteiger partial charge in [0, 0.05) is 5.02 Å². The first-order valence-corrected chi connectivity index (χ1v) is 8.41. The third kappa shape index (κ3) is 3.36. The number of carboxylic acids is 1. The fraction of sp³-hybridized carbons (Fsp3) is 0. The molecule has 3 rings (SSSR count). The Morgan fingerprint density at radius 3 is 2.58 bits per heavy atom. The first-order valence-electron chi connectivity index (χ1n) is 6.80.